The molecule has 2 unspecified atom stereocenters. The Morgan fingerprint density at radius 1 is 0.941 bits per heavy atom. The van der Waals surface area contributed by atoms with Gasteiger partial charge in [-0.15, -0.1) is 0 Å². The van der Waals surface area contributed by atoms with Crippen molar-refractivity contribution in [1.29, 1.82) is 0 Å². The van der Waals surface area contributed by atoms with E-state index in [2.05, 4.69) is 4.98 Å². The van der Waals surface area contributed by atoms with Crippen LogP contribution in [0.3, 0.4) is 0 Å². The minimum Gasteiger partial charge on any atom is -0.497 e. The third-order valence-corrected chi connectivity index (χ3v) is 6.17. The van der Waals surface area contributed by atoms with Gasteiger partial charge in [-0.2, -0.15) is 4.98 Å². The van der Waals surface area contributed by atoms with Crippen molar-refractivity contribution in [3.8, 4) is 23.0 Å². The summed E-state index contributed by atoms with van der Waals surface area (Å²) < 4.78 is 35.8. The Labute approximate surface area is 198 Å². The Hall–Kier alpha value is -3.33. The smallest absolute Gasteiger partial charge is 0.463 e. The van der Waals surface area contributed by atoms with Gasteiger partial charge in [-0.05, 0) is 67.4 Å². The van der Waals surface area contributed by atoms with Crippen LogP contribution in [0, 0.1) is 0 Å². The van der Waals surface area contributed by atoms with E-state index in [1.807, 2.05) is 0 Å². The van der Waals surface area contributed by atoms with Gasteiger partial charge in [0.1, 0.15) is 35.0 Å². The maximum absolute atomic E-state index is 12.1. The Kier molecular flexibility index (Phi) is 7.84. The maximum Gasteiger partial charge on any atom is 0.463 e. The second-order valence-corrected chi connectivity index (χ2v) is 8.46. The molecular formula is C23H26N3O7P. The molecule has 0 saturated carbocycles. The summed E-state index contributed by atoms with van der Waals surface area (Å²) in [6.45, 7) is 0.228. The van der Waals surface area contributed by atoms with Crippen molar-refractivity contribution in [2.75, 3.05) is 26.6 Å². The molecular weight excluding hydrogens is 461 g/mol. The quantitative estimate of drug-likeness (QED) is 0.425. The van der Waals surface area contributed by atoms with Crippen LogP contribution in [0.25, 0.3) is 0 Å². The van der Waals surface area contributed by atoms with Gasteiger partial charge < -0.3 is 29.0 Å². The van der Waals surface area contributed by atoms with Crippen molar-refractivity contribution in [3.05, 3.63) is 71.3 Å². The molecule has 2 aromatic carbocycles. The van der Waals surface area contributed by atoms with Crippen LogP contribution in [-0.2, 0) is 9.26 Å². The van der Waals surface area contributed by atoms with Gasteiger partial charge in [0.05, 0.1) is 26.9 Å². The fraction of sp³-hybridized carbons (Fsp3) is 0.304. The van der Waals surface area contributed by atoms with Gasteiger partial charge in [0.15, 0.2) is 0 Å². The largest absolute Gasteiger partial charge is 0.497 e. The first kappa shape index (κ1) is 23.8. The van der Waals surface area contributed by atoms with Crippen molar-refractivity contribution in [2.24, 2.45) is 0 Å². The fourth-order valence-corrected chi connectivity index (χ4v) is 4.34. The van der Waals surface area contributed by atoms with Gasteiger partial charge in [0.25, 0.3) is 0 Å². The minimum absolute atomic E-state index is 0.177. The number of ether oxygens (including phenoxy) is 3. The highest BCUT2D eigenvalue weighted by Crippen LogP contribution is 2.43. The van der Waals surface area contributed by atoms with Crippen molar-refractivity contribution < 1.29 is 27.8 Å². The molecule has 10 nitrogen and oxygen atoms in total. The zero-order chi connectivity index (χ0) is 23.9. The molecule has 0 radical (unpaired) electrons. The van der Waals surface area contributed by atoms with Gasteiger partial charge in [-0.3, -0.25) is 9.09 Å². The van der Waals surface area contributed by atoms with E-state index in [9.17, 15) is 4.79 Å². The highest BCUT2D eigenvalue weighted by molar-refractivity contribution is 7.42. The van der Waals surface area contributed by atoms with E-state index in [0.717, 1.165) is 0 Å². The van der Waals surface area contributed by atoms with Crippen LogP contribution >= 0.6 is 8.60 Å². The van der Waals surface area contributed by atoms with Crippen molar-refractivity contribution in [3.63, 3.8) is 0 Å². The molecule has 0 bridgehead atoms. The molecule has 0 aliphatic carbocycles. The summed E-state index contributed by atoms with van der Waals surface area (Å²) in [5.74, 6) is 2.75. The molecule has 2 N–H and O–H groups in total. The van der Waals surface area contributed by atoms with Crippen molar-refractivity contribution in [2.45, 2.75) is 25.2 Å². The van der Waals surface area contributed by atoms with Gasteiger partial charge in [-0.1, -0.05) is 0 Å². The van der Waals surface area contributed by atoms with Gasteiger partial charge in [-0.25, -0.2) is 4.79 Å². The highest BCUT2D eigenvalue weighted by atomic mass is 31.2. The number of rotatable bonds is 10. The Bertz CT molecular complexity index is 1080. The molecule has 180 valence electrons. The Morgan fingerprint density at radius 3 is 2.03 bits per heavy atom. The molecule has 1 aliphatic heterocycles. The normalized spacial score (nSPS) is 17.5. The van der Waals surface area contributed by atoms with Crippen LogP contribution in [0.2, 0.25) is 0 Å². The molecule has 1 saturated heterocycles. The number of hydrogen-bond donors (Lipinski definition) is 1. The van der Waals surface area contributed by atoms with Crippen LogP contribution in [0.15, 0.2) is 65.6 Å². The van der Waals surface area contributed by atoms with Gasteiger partial charge in [0.2, 0.25) is 0 Å². The summed E-state index contributed by atoms with van der Waals surface area (Å²) in [5.41, 5.74) is 5.12. The Morgan fingerprint density at radius 2 is 1.50 bits per heavy atom. The number of aromatic nitrogens is 2. The molecule has 11 heteroatoms. The van der Waals surface area contributed by atoms with Crippen LogP contribution < -0.4 is 29.9 Å². The third-order valence-electron chi connectivity index (χ3n) is 5.09. The van der Waals surface area contributed by atoms with Crippen LogP contribution in [0.4, 0.5) is 5.82 Å². The lowest BCUT2D eigenvalue weighted by atomic mass is 10.2. The summed E-state index contributed by atoms with van der Waals surface area (Å²) in [6, 6.07) is 15.8. The third kappa shape index (κ3) is 6.17. The predicted molar refractivity (Wildman–Crippen MR) is 126 cm³/mol. The molecule has 0 amide bonds. The molecule has 2 atom stereocenters. The van der Waals surface area contributed by atoms with E-state index < -0.39 is 20.5 Å². The first-order valence-corrected chi connectivity index (χ1v) is 11.7. The Balaban J connectivity index is 1.40. The number of nitrogens with two attached hydrogens (primary N) is 1. The standard InChI is InChI=1S/C23H26N3O7P/c1-28-16-3-7-18(8-4-16)32-34(33-19-9-5-17(29-2)6-10-19)30-15-20-11-12-22(31-20)26-14-13-21(24)25-23(26)27/h3-10,13-14,20,22H,11-12,15H2,1-2H3,(H2,24,25,27). The van der Waals surface area contributed by atoms with E-state index in [-0.39, 0.29) is 18.5 Å². The highest BCUT2D eigenvalue weighted by Gasteiger charge is 2.30. The molecule has 0 spiro atoms. The summed E-state index contributed by atoms with van der Waals surface area (Å²) in [4.78, 5) is 15.9. The summed E-state index contributed by atoms with van der Waals surface area (Å²) in [7, 11) is 1.40. The molecule has 2 heterocycles. The summed E-state index contributed by atoms with van der Waals surface area (Å²) in [6.07, 6.45) is 2.28. The van der Waals surface area contributed by atoms with Crippen LogP contribution in [0.1, 0.15) is 19.1 Å². The zero-order valence-corrected chi connectivity index (χ0v) is 19.7. The molecule has 3 aromatic rings. The number of hydrogen-bond acceptors (Lipinski definition) is 9. The molecule has 4 rings (SSSR count). The number of nitrogens with zero attached hydrogens (tertiary/aromatic N) is 2. The number of methoxy groups -OCH3 is 2. The van der Waals surface area contributed by atoms with Crippen LogP contribution in [-0.4, -0.2) is 36.5 Å². The number of nitrogen functional groups attached to an aromatic ring is 1. The van der Waals surface area contributed by atoms with E-state index >= 15 is 0 Å². The number of benzene rings is 2. The first-order chi connectivity index (χ1) is 16.5. The second-order valence-electron chi connectivity index (χ2n) is 7.39. The monoisotopic (exact) mass is 487 g/mol. The topological polar surface area (TPSA) is 116 Å². The molecule has 1 fully saturated rings. The molecule has 1 aliphatic rings. The lowest BCUT2D eigenvalue weighted by molar-refractivity contribution is -0.0210. The average molecular weight is 487 g/mol. The average Bonchev–Trinajstić information content (AvgIpc) is 3.32. The van der Waals surface area contributed by atoms with E-state index in [1.165, 1.54) is 4.57 Å². The fourth-order valence-electron chi connectivity index (χ4n) is 3.32. The van der Waals surface area contributed by atoms with E-state index in [4.69, 9.17) is 33.5 Å². The van der Waals surface area contributed by atoms with Crippen molar-refractivity contribution in [1.82, 2.24) is 9.55 Å². The summed E-state index contributed by atoms with van der Waals surface area (Å²) >= 11 is 0. The minimum atomic E-state index is -1.80. The maximum atomic E-state index is 12.1. The van der Waals surface area contributed by atoms with Gasteiger partial charge >= 0.3 is 14.3 Å². The van der Waals surface area contributed by atoms with Gasteiger partial charge in [0, 0.05) is 6.20 Å². The van der Waals surface area contributed by atoms with Crippen LogP contribution in [0.5, 0.6) is 23.0 Å². The lowest BCUT2D eigenvalue weighted by Crippen LogP contribution is -2.27. The first-order valence-electron chi connectivity index (χ1n) is 10.6. The molecule has 1 aromatic heterocycles. The van der Waals surface area contributed by atoms with E-state index in [1.54, 1.807) is 75.0 Å². The lowest BCUT2D eigenvalue weighted by Gasteiger charge is -2.20. The predicted octanol–water partition coefficient (Wildman–Crippen LogP) is 3.92. The molecule has 34 heavy (non-hydrogen) atoms. The van der Waals surface area contributed by atoms with Crippen molar-refractivity contribution >= 4 is 14.4 Å². The zero-order valence-electron chi connectivity index (χ0n) is 18.8. The van der Waals surface area contributed by atoms with E-state index in [0.29, 0.717) is 35.8 Å². The summed E-state index contributed by atoms with van der Waals surface area (Å²) in [5, 5.41) is 0. The SMILES string of the molecule is COc1ccc(OP(OCC2CCC(n3ccc(N)nc3=O)O2)Oc2ccc(OC)cc2)cc1. The number of anilines is 1. The second kappa shape index (κ2) is 11.2.